The zero-order valence-corrected chi connectivity index (χ0v) is 10.3. The monoisotopic (exact) mass is 269 g/mol. The van der Waals surface area contributed by atoms with E-state index < -0.39 is 0 Å². The SMILES string of the molecule is Brc1cnc(C2CC2)n1C1CCNCC1. The van der Waals surface area contributed by atoms with E-state index in [0.29, 0.717) is 6.04 Å². The van der Waals surface area contributed by atoms with Crippen molar-refractivity contribution in [2.24, 2.45) is 0 Å². The number of hydrogen-bond donors (Lipinski definition) is 1. The fraction of sp³-hybridized carbons (Fsp3) is 0.727. The first kappa shape index (κ1) is 9.85. The van der Waals surface area contributed by atoms with Crippen LogP contribution < -0.4 is 5.32 Å². The van der Waals surface area contributed by atoms with Crippen LogP contribution in [0.2, 0.25) is 0 Å². The lowest BCUT2D eigenvalue weighted by Gasteiger charge is -2.26. The number of rotatable bonds is 2. The molecule has 1 N–H and O–H groups in total. The Labute approximate surface area is 98.4 Å². The highest BCUT2D eigenvalue weighted by molar-refractivity contribution is 9.10. The molecule has 2 heterocycles. The molecule has 1 aliphatic heterocycles. The van der Waals surface area contributed by atoms with E-state index in [2.05, 4.69) is 30.8 Å². The van der Waals surface area contributed by atoms with E-state index in [1.807, 2.05) is 6.20 Å². The van der Waals surface area contributed by atoms with Crippen LogP contribution in [0.1, 0.15) is 43.5 Å². The third-order valence-corrected chi connectivity index (χ3v) is 3.98. The summed E-state index contributed by atoms with van der Waals surface area (Å²) in [7, 11) is 0. The van der Waals surface area contributed by atoms with Gasteiger partial charge in [-0.25, -0.2) is 4.98 Å². The molecular weight excluding hydrogens is 254 g/mol. The molecule has 3 nitrogen and oxygen atoms in total. The van der Waals surface area contributed by atoms with Crippen LogP contribution in [0.15, 0.2) is 10.8 Å². The molecular formula is C11H16BrN3. The predicted molar refractivity (Wildman–Crippen MR) is 63.0 cm³/mol. The van der Waals surface area contributed by atoms with Crippen molar-refractivity contribution in [2.45, 2.75) is 37.6 Å². The molecule has 0 bridgehead atoms. The Morgan fingerprint density at radius 3 is 2.67 bits per heavy atom. The van der Waals surface area contributed by atoms with Crippen LogP contribution in [-0.2, 0) is 0 Å². The van der Waals surface area contributed by atoms with E-state index in [4.69, 9.17) is 0 Å². The summed E-state index contributed by atoms with van der Waals surface area (Å²) >= 11 is 3.63. The molecule has 0 amide bonds. The first-order valence-electron chi connectivity index (χ1n) is 5.79. The van der Waals surface area contributed by atoms with Crippen LogP contribution in [0.3, 0.4) is 0 Å². The maximum atomic E-state index is 4.55. The Kier molecular flexibility index (Phi) is 2.56. The van der Waals surface area contributed by atoms with Crippen molar-refractivity contribution in [3.05, 3.63) is 16.6 Å². The highest BCUT2D eigenvalue weighted by Gasteiger charge is 2.31. The lowest BCUT2D eigenvalue weighted by molar-refractivity contribution is 0.356. The Balaban J connectivity index is 1.90. The van der Waals surface area contributed by atoms with Gasteiger partial charge in [-0.3, -0.25) is 0 Å². The van der Waals surface area contributed by atoms with Gasteiger partial charge in [-0.2, -0.15) is 0 Å². The number of nitrogens with one attached hydrogen (secondary N) is 1. The van der Waals surface area contributed by atoms with Crippen LogP contribution in [0.5, 0.6) is 0 Å². The molecule has 1 aliphatic carbocycles. The van der Waals surface area contributed by atoms with Gasteiger partial charge >= 0.3 is 0 Å². The van der Waals surface area contributed by atoms with Gasteiger partial charge in [0, 0.05) is 12.0 Å². The summed E-state index contributed by atoms with van der Waals surface area (Å²) in [4.78, 5) is 4.55. The van der Waals surface area contributed by atoms with E-state index in [1.54, 1.807) is 0 Å². The highest BCUT2D eigenvalue weighted by atomic mass is 79.9. The molecule has 0 radical (unpaired) electrons. The Bertz CT molecular complexity index is 351. The molecule has 0 spiro atoms. The maximum absolute atomic E-state index is 4.55. The molecule has 4 heteroatoms. The largest absolute Gasteiger partial charge is 0.319 e. The number of halogens is 1. The van der Waals surface area contributed by atoms with Gasteiger partial charge in [0.1, 0.15) is 10.4 Å². The Morgan fingerprint density at radius 1 is 1.27 bits per heavy atom. The Hall–Kier alpha value is -0.350. The summed E-state index contributed by atoms with van der Waals surface area (Å²) in [5.74, 6) is 2.06. The molecule has 1 aromatic rings. The molecule has 1 aromatic heterocycles. The topological polar surface area (TPSA) is 29.9 Å². The van der Waals surface area contributed by atoms with E-state index in [9.17, 15) is 0 Å². The fourth-order valence-electron chi connectivity index (χ4n) is 2.42. The highest BCUT2D eigenvalue weighted by Crippen LogP contribution is 2.42. The molecule has 82 valence electrons. The van der Waals surface area contributed by atoms with Crippen LogP contribution in [-0.4, -0.2) is 22.6 Å². The van der Waals surface area contributed by atoms with Gasteiger partial charge in [0.05, 0.1) is 6.20 Å². The van der Waals surface area contributed by atoms with Crippen molar-refractivity contribution >= 4 is 15.9 Å². The minimum atomic E-state index is 0.652. The van der Waals surface area contributed by atoms with Gasteiger partial charge in [-0.1, -0.05) is 0 Å². The van der Waals surface area contributed by atoms with Crippen molar-refractivity contribution < 1.29 is 0 Å². The van der Waals surface area contributed by atoms with Crippen LogP contribution in [0, 0.1) is 0 Å². The minimum absolute atomic E-state index is 0.652. The zero-order chi connectivity index (χ0) is 10.3. The summed E-state index contributed by atoms with van der Waals surface area (Å²) in [6.45, 7) is 2.28. The van der Waals surface area contributed by atoms with Crippen molar-refractivity contribution in [2.75, 3.05) is 13.1 Å². The molecule has 2 fully saturated rings. The lowest BCUT2D eigenvalue weighted by atomic mass is 10.1. The van der Waals surface area contributed by atoms with E-state index >= 15 is 0 Å². The lowest BCUT2D eigenvalue weighted by Crippen LogP contribution is -2.30. The molecule has 0 unspecified atom stereocenters. The number of nitrogens with zero attached hydrogens (tertiary/aromatic N) is 2. The quantitative estimate of drug-likeness (QED) is 0.894. The van der Waals surface area contributed by atoms with Crippen molar-refractivity contribution in [1.29, 1.82) is 0 Å². The summed E-state index contributed by atoms with van der Waals surface area (Å²) in [5.41, 5.74) is 0. The van der Waals surface area contributed by atoms with E-state index in [1.165, 1.54) is 31.5 Å². The number of aromatic nitrogens is 2. The molecule has 1 saturated heterocycles. The van der Waals surface area contributed by atoms with Crippen molar-refractivity contribution in [3.63, 3.8) is 0 Å². The number of imidazole rings is 1. The molecule has 2 aliphatic rings. The van der Waals surface area contributed by atoms with E-state index in [-0.39, 0.29) is 0 Å². The second-order valence-corrected chi connectivity index (χ2v) is 5.38. The smallest absolute Gasteiger partial charge is 0.112 e. The average molecular weight is 270 g/mol. The third-order valence-electron chi connectivity index (χ3n) is 3.40. The predicted octanol–water partition coefficient (Wildman–Crippen LogP) is 2.45. The average Bonchev–Trinajstić information content (AvgIpc) is 3.04. The summed E-state index contributed by atoms with van der Waals surface area (Å²) in [6.07, 6.45) is 7.09. The van der Waals surface area contributed by atoms with Gasteiger partial charge in [-0.05, 0) is 54.7 Å². The number of piperidine rings is 1. The van der Waals surface area contributed by atoms with Crippen LogP contribution in [0.4, 0.5) is 0 Å². The summed E-state index contributed by atoms with van der Waals surface area (Å²) < 4.78 is 3.59. The van der Waals surface area contributed by atoms with Crippen LogP contribution in [0.25, 0.3) is 0 Å². The van der Waals surface area contributed by atoms with Gasteiger partial charge in [0.2, 0.25) is 0 Å². The molecule has 15 heavy (non-hydrogen) atoms. The van der Waals surface area contributed by atoms with Crippen molar-refractivity contribution in [1.82, 2.24) is 14.9 Å². The zero-order valence-electron chi connectivity index (χ0n) is 8.75. The number of hydrogen-bond acceptors (Lipinski definition) is 2. The minimum Gasteiger partial charge on any atom is -0.319 e. The second-order valence-electron chi connectivity index (χ2n) is 4.56. The third kappa shape index (κ3) is 1.85. The van der Waals surface area contributed by atoms with Crippen molar-refractivity contribution in [3.8, 4) is 0 Å². The molecule has 3 rings (SSSR count). The maximum Gasteiger partial charge on any atom is 0.112 e. The fourth-order valence-corrected chi connectivity index (χ4v) is 3.00. The molecule has 0 aromatic carbocycles. The first-order chi connectivity index (χ1) is 7.36. The summed E-state index contributed by atoms with van der Waals surface area (Å²) in [6, 6.07) is 0.652. The van der Waals surface area contributed by atoms with E-state index in [0.717, 1.165) is 23.6 Å². The second kappa shape index (κ2) is 3.91. The normalized spacial score (nSPS) is 23.3. The first-order valence-corrected chi connectivity index (χ1v) is 6.59. The van der Waals surface area contributed by atoms with Gasteiger partial charge < -0.3 is 9.88 Å². The molecule has 1 saturated carbocycles. The van der Waals surface area contributed by atoms with Crippen LogP contribution >= 0.6 is 15.9 Å². The summed E-state index contributed by atoms with van der Waals surface area (Å²) in [5, 5.41) is 3.41. The standard InChI is InChI=1S/C11H16BrN3/c12-10-7-14-11(8-1-2-8)15(10)9-3-5-13-6-4-9/h7-9,13H,1-6H2. The van der Waals surface area contributed by atoms with Gasteiger partial charge in [0.25, 0.3) is 0 Å². The van der Waals surface area contributed by atoms with Gasteiger partial charge in [0.15, 0.2) is 0 Å². The van der Waals surface area contributed by atoms with Gasteiger partial charge in [-0.15, -0.1) is 0 Å². The Morgan fingerprint density at radius 2 is 2.00 bits per heavy atom. The molecule has 0 atom stereocenters.